The molecule has 2 aromatic heterocycles. The molecule has 0 aliphatic carbocycles. The van der Waals surface area contributed by atoms with Gasteiger partial charge in [-0.25, -0.2) is 0 Å². The van der Waals surface area contributed by atoms with Crippen LogP contribution in [0, 0.1) is 0 Å². The van der Waals surface area contributed by atoms with Crippen LogP contribution in [0.2, 0.25) is 0 Å². The number of ketones is 2. The quantitative estimate of drug-likeness (QED) is 0.118. The minimum Gasteiger partial charge on any atom is -0.468 e. The lowest BCUT2D eigenvalue weighted by Gasteiger charge is -2.35. The molecule has 3 rings (SSSR count). The molecule has 0 fully saturated rings. The molecule has 3 N–H and O–H groups in total. The highest BCUT2D eigenvalue weighted by molar-refractivity contribution is 6.10. The Hall–Kier alpha value is -3.29. The predicted octanol–water partition coefficient (Wildman–Crippen LogP) is 6.81. The molecule has 0 spiro atoms. The molecular formula is C36H51N3O4. The number of esters is 1. The van der Waals surface area contributed by atoms with Gasteiger partial charge in [-0.3, -0.25) is 19.7 Å². The average molecular weight is 590 g/mol. The first-order chi connectivity index (χ1) is 20.7. The summed E-state index contributed by atoms with van der Waals surface area (Å²) in [5, 5.41) is 2.92. The number of aryl methyl sites for hydroxylation is 1. The number of nitrogens with two attached hydrogens (primary N) is 1. The van der Waals surface area contributed by atoms with Gasteiger partial charge >= 0.3 is 5.97 Å². The highest BCUT2D eigenvalue weighted by Crippen LogP contribution is 2.38. The standard InChI is InChI=1S/C36H51N3O4/c1-6-9-12-28-23-31-24-29(34(41)26(4)38-25-32(40)43-5)17-22-39(31)33(28)35(42)27-13-15-30(16-14-27)36(20-21-37,18-10-7-2)19-11-8-3/h13-17,22-24,26,38H,6-12,18-21,25,37H2,1-5H3. The largest absolute Gasteiger partial charge is 0.468 e. The Labute approximate surface area is 257 Å². The van der Waals surface area contributed by atoms with Crippen molar-refractivity contribution >= 4 is 23.1 Å². The lowest BCUT2D eigenvalue weighted by Crippen LogP contribution is -2.37. The van der Waals surface area contributed by atoms with Gasteiger partial charge in [-0.2, -0.15) is 0 Å². The number of fused-ring (bicyclic) bond motifs is 1. The first kappa shape index (κ1) is 34.2. The van der Waals surface area contributed by atoms with E-state index >= 15 is 0 Å². The Morgan fingerprint density at radius 3 is 2.14 bits per heavy atom. The molecule has 0 radical (unpaired) electrons. The summed E-state index contributed by atoms with van der Waals surface area (Å²) in [6.07, 6.45) is 12.3. The summed E-state index contributed by atoms with van der Waals surface area (Å²) in [6.45, 7) is 8.93. The van der Waals surface area contributed by atoms with Gasteiger partial charge in [-0.05, 0) is 80.3 Å². The molecule has 0 saturated carbocycles. The van der Waals surface area contributed by atoms with Crippen molar-refractivity contribution in [2.75, 3.05) is 20.2 Å². The van der Waals surface area contributed by atoms with Crippen LogP contribution in [-0.2, 0) is 21.4 Å². The number of carbonyl (C=O) groups excluding carboxylic acids is 3. The van der Waals surface area contributed by atoms with E-state index in [1.807, 2.05) is 34.9 Å². The van der Waals surface area contributed by atoms with Crippen molar-refractivity contribution in [1.82, 2.24) is 9.72 Å². The third-order valence-corrected chi connectivity index (χ3v) is 8.72. The second kappa shape index (κ2) is 16.5. The zero-order valence-corrected chi connectivity index (χ0v) is 26.8. The van der Waals surface area contributed by atoms with Gasteiger partial charge < -0.3 is 14.9 Å². The van der Waals surface area contributed by atoms with Crippen LogP contribution >= 0.6 is 0 Å². The Morgan fingerprint density at radius 1 is 0.907 bits per heavy atom. The second-order valence-electron chi connectivity index (χ2n) is 11.8. The van der Waals surface area contributed by atoms with E-state index in [0.717, 1.165) is 75.3 Å². The van der Waals surface area contributed by atoms with Gasteiger partial charge in [-0.1, -0.05) is 77.1 Å². The summed E-state index contributed by atoms with van der Waals surface area (Å²) in [7, 11) is 1.32. The van der Waals surface area contributed by atoms with Gasteiger partial charge in [0.15, 0.2) is 5.78 Å². The second-order valence-corrected chi connectivity index (χ2v) is 11.8. The molecule has 7 heteroatoms. The van der Waals surface area contributed by atoms with Crippen LogP contribution in [0.1, 0.15) is 123 Å². The van der Waals surface area contributed by atoms with Crippen molar-refractivity contribution in [2.24, 2.45) is 5.73 Å². The summed E-state index contributed by atoms with van der Waals surface area (Å²) in [5.41, 5.74) is 11.1. The molecule has 0 aliphatic heterocycles. The van der Waals surface area contributed by atoms with Gasteiger partial charge in [-0.15, -0.1) is 0 Å². The number of hydrogen-bond acceptors (Lipinski definition) is 6. The lowest BCUT2D eigenvalue weighted by atomic mass is 9.70. The molecule has 2 heterocycles. The van der Waals surface area contributed by atoms with E-state index in [1.54, 1.807) is 13.0 Å². The number of nitrogens with one attached hydrogen (secondary N) is 1. The van der Waals surface area contributed by atoms with Crippen molar-refractivity contribution < 1.29 is 19.1 Å². The lowest BCUT2D eigenvalue weighted by molar-refractivity contribution is -0.139. The molecule has 234 valence electrons. The zero-order chi connectivity index (χ0) is 31.4. The Morgan fingerprint density at radius 2 is 1.56 bits per heavy atom. The van der Waals surface area contributed by atoms with E-state index in [1.165, 1.54) is 12.7 Å². The SMILES string of the molecule is CCCCc1cc2cc(C(=O)C(C)NCC(=O)OC)ccn2c1C(=O)c1ccc(C(CCN)(CCCC)CCCC)cc1. The minimum atomic E-state index is -0.559. The molecule has 43 heavy (non-hydrogen) atoms. The van der Waals surface area contributed by atoms with Crippen LogP contribution in [0.4, 0.5) is 0 Å². The normalized spacial score (nSPS) is 12.4. The van der Waals surface area contributed by atoms with Gasteiger partial charge in [0, 0.05) is 22.8 Å². The van der Waals surface area contributed by atoms with Crippen molar-refractivity contribution in [2.45, 2.75) is 103 Å². The molecule has 0 bridgehead atoms. The maximum atomic E-state index is 14.1. The van der Waals surface area contributed by atoms with E-state index < -0.39 is 12.0 Å². The van der Waals surface area contributed by atoms with Gasteiger partial charge in [0.1, 0.15) is 0 Å². The van der Waals surface area contributed by atoms with Crippen LogP contribution in [0.25, 0.3) is 5.52 Å². The number of Topliss-reactive ketones (excluding diaryl/α,β-unsaturated/α-hetero) is 1. The van der Waals surface area contributed by atoms with Crippen LogP contribution in [0.15, 0.2) is 48.7 Å². The Kier molecular flexibility index (Phi) is 13.1. The third kappa shape index (κ3) is 8.42. The van der Waals surface area contributed by atoms with Crippen molar-refractivity contribution in [3.05, 3.63) is 76.6 Å². The number of carbonyl (C=O) groups is 3. The fourth-order valence-corrected chi connectivity index (χ4v) is 6.08. The summed E-state index contributed by atoms with van der Waals surface area (Å²) in [6, 6.07) is 13.3. The molecule has 7 nitrogen and oxygen atoms in total. The highest BCUT2D eigenvalue weighted by Gasteiger charge is 2.31. The first-order valence-corrected chi connectivity index (χ1v) is 16.1. The number of hydrogen-bond donors (Lipinski definition) is 2. The van der Waals surface area contributed by atoms with Gasteiger partial charge in [0.05, 0.1) is 25.4 Å². The fraction of sp³-hybridized carbons (Fsp3) is 0.528. The number of rotatable bonds is 19. The van der Waals surface area contributed by atoms with Crippen molar-refractivity contribution in [1.29, 1.82) is 0 Å². The molecule has 1 unspecified atom stereocenters. The van der Waals surface area contributed by atoms with Gasteiger partial charge in [0.2, 0.25) is 5.78 Å². The number of ether oxygens (including phenoxy) is 1. The molecule has 0 amide bonds. The number of methoxy groups -OCH3 is 1. The Bertz CT molecular complexity index is 1350. The number of nitrogens with zero attached hydrogens (tertiary/aromatic N) is 1. The topological polar surface area (TPSA) is 103 Å². The van der Waals surface area contributed by atoms with Crippen LogP contribution in [-0.4, -0.2) is 48.2 Å². The number of benzene rings is 1. The van der Waals surface area contributed by atoms with E-state index in [4.69, 9.17) is 5.73 Å². The number of aromatic nitrogens is 1. The summed E-state index contributed by atoms with van der Waals surface area (Å²) in [5.74, 6) is -0.569. The van der Waals surface area contributed by atoms with Crippen LogP contribution < -0.4 is 11.1 Å². The molecule has 1 atom stereocenters. The van der Waals surface area contributed by atoms with Crippen molar-refractivity contribution in [3.8, 4) is 0 Å². The molecule has 1 aromatic carbocycles. The average Bonchev–Trinajstić information content (AvgIpc) is 3.40. The van der Waals surface area contributed by atoms with Crippen LogP contribution in [0.3, 0.4) is 0 Å². The van der Waals surface area contributed by atoms with E-state index in [9.17, 15) is 14.4 Å². The minimum absolute atomic E-state index is 0.0172. The third-order valence-electron chi connectivity index (χ3n) is 8.72. The van der Waals surface area contributed by atoms with Gasteiger partial charge in [0.25, 0.3) is 0 Å². The zero-order valence-electron chi connectivity index (χ0n) is 26.8. The monoisotopic (exact) mass is 589 g/mol. The fourth-order valence-electron chi connectivity index (χ4n) is 6.08. The molecule has 0 saturated heterocycles. The number of pyridine rings is 1. The van der Waals surface area contributed by atoms with E-state index in [2.05, 4.69) is 43.0 Å². The molecule has 0 aliphatic rings. The summed E-state index contributed by atoms with van der Waals surface area (Å²) in [4.78, 5) is 38.7. The first-order valence-electron chi connectivity index (χ1n) is 16.1. The van der Waals surface area contributed by atoms with Crippen molar-refractivity contribution in [3.63, 3.8) is 0 Å². The number of unbranched alkanes of at least 4 members (excludes halogenated alkanes) is 3. The summed E-state index contributed by atoms with van der Waals surface area (Å²) >= 11 is 0. The predicted molar refractivity (Wildman–Crippen MR) is 174 cm³/mol. The van der Waals surface area contributed by atoms with E-state index in [-0.39, 0.29) is 23.5 Å². The van der Waals surface area contributed by atoms with E-state index in [0.29, 0.717) is 23.4 Å². The Balaban J connectivity index is 1.96. The molecule has 3 aromatic rings. The highest BCUT2D eigenvalue weighted by atomic mass is 16.5. The maximum absolute atomic E-state index is 14.1. The van der Waals surface area contributed by atoms with Crippen LogP contribution in [0.5, 0.6) is 0 Å². The maximum Gasteiger partial charge on any atom is 0.319 e. The smallest absolute Gasteiger partial charge is 0.319 e. The summed E-state index contributed by atoms with van der Waals surface area (Å²) < 4.78 is 6.57. The molecular weight excluding hydrogens is 538 g/mol.